The van der Waals surface area contributed by atoms with Gasteiger partial charge in [-0.25, -0.2) is 4.98 Å². The predicted octanol–water partition coefficient (Wildman–Crippen LogP) is 4.02. The maximum Gasteiger partial charge on any atom is 0.152 e. The quantitative estimate of drug-likeness (QED) is 0.570. The van der Waals surface area contributed by atoms with Crippen LogP contribution in [0.25, 0.3) is 0 Å². The number of halogens is 2. The third-order valence-electron chi connectivity index (χ3n) is 2.72. The Morgan fingerprint density at radius 2 is 2.27 bits per heavy atom. The molecular formula is C11H13BrINO. The van der Waals surface area contributed by atoms with E-state index in [2.05, 4.69) is 50.4 Å². The third-order valence-corrected chi connectivity index (χ3v) is 3.89. The molecule has 1 heterocycles. The first-order valence-electron chi connectivity index (χ1n) is 5.14. The fraction of sp³-hybridized carbons (Fsp3) is 0.545. The van der Waals surface area contributed by atoms with Gasteiger partial charge in [0.1, 0.15) is 8.30 Å². The van der Waals surface area contributed by atoms with Crippen LogP contribution in [-0.2, 0) is 0 Å². The van der Waals surface area contributed by atoms with Crippen LogP contribution in [0.2, 0.25) is 0 Å². The fourth-order valence-electron chi connectivity index (χ4n) is 1.93. The van der Waals surface area contributed by atoms with E-state index in [9.17, 15) is 0 Å². The number of hydrogen-bond donors (Lipinski definition) is 0. The maximum atomic E-state index is 5.92. The van der Waals surface area contributed by atoms with Crippen LogP contribution in [0.15, 0.2) is 16.7 Å². The van der Waals surface area contributed by atoms with E-state index in [-0.39, 0.29) is 0 Å². The Morgan fingerprint density at radius 1 is 1.47 bits per heavy atom. The molecule has 1 aromatic heterocycles. The first kappa shape index (κ1) is 11.6. The minimum Gasteiger partial charge on any atom is -0.488 e. The summed E-state index contributed by atoms with van der Waals surface area (Å²) in [6, 6.07) is 3.96. The molecule has 1 fully saturated rings. The number of rotatable bonds is 2. The molecule has 0 amide bonds. The molecule has 0 N–H and O–H groups in total. The number of aromatic nitrogens is 1. The zero-order chi connectivity index (χ0) is 10.8. The van der Waals surface area contributed by atoms with Crippen LogP contribution >= 0.6 is 38.5 Å². The van der Waals surface area contributed by atoms with Crippen molar-refractivity contribution in [2.24, 2.45) is 5.92 Å². The molecule has 0 saturated heterocycles. The fourth-order valence-corrected chi connectivity index (χ4v) is 3.10. The summed E-state index contributed by atoms with van der Waals surface area (Å²) in [5, 5.41) is 0. The summed E-state index contributed by atoms with van der Waals surface area (Å²) in [5.74, 6) is 1.67. The summed E-state index contributed by atoms with van der Waals surface area (Å²) in [7, 11) is 0. The Kier molecular flexibility index (Phi) is 3.88. The molecule has 1 aromatic rings. The van der Waals surface area contributed by atoms with Crippen molar-refractivity contribution in [1.29, 1.82) is 0 Å². The lowest BCUT2D eigenvalue weighted by Gasteiger charge is -2.14. The molecule has 15 heavy (non-hydrogen) atoms. The van der Waals surface area contributed by atoms with Crippen molar-refractivity contribution in [2.45, 2.75) is 32.3 Å². The predicted molar refractivity (Wildman–Crippen MR) is 72.1 cm³/mol. The minimum absolute atomic E-state index is 0.373. The largest absolute Gasteiger partial charge is 0.488 e. The van der Waals surface area contributed by atoms with Crippen molar-refractivity contribution in [3.8, 4) is 5.75 Å². The zero-order valence-electron chi connectivity index (χ0n) is 8.54. The van der Waals surface area contributed by atoms with Crippen molar-refractivity contribution in [3.05, 3.63) is 20.4 Å². The van der Waals surface area contributed by atoms with Gasteiger partial charge in [0, 0.05) is 0 Å². The summed E-state index contributed by atoms with van der Waals surface area (Å²) in [5.41, 5.74) is 0. The molecule has 0 unspecified atom stereocenters. The van der Waals surface area contributed by atoms with Crippen molar-refractivity contribution < 1.29 is 4.74 Å². The number of nitrogens with zero attached hydrogens (tertiary/aromatic N) is 1. The Labute approximate surface area is 112 Å². The van der Waals surface area contributed by atoms with Crippen LogP contribution in [0, 0.1) is 9.62 Å². The molecule has 0 aromatic carbocycles. The van der Waals surface area contributed by atoms with E-state index in [0.29, 0.717) is 6.10 Å². The van der Waals surface area contributed by atoms with Crippen LogP contribution in [0.1, 0.15) is 26.2 Å². The van der Waals surface area contributed by atoms with Gasteiger partial charge in [-0.2, -0.15) is 0 Å². The van der Waals surface area contributed by atoms with Crippen molar-refractivity contribution in [1.82, 2.24) is 4.98 Å². The molecule has 2 nitrogen and oxygen atoms in total. The summed E-state index contributed by atoms with van der Waals surface area (Å²) in [6.07, 6.45) is 3.98. The number of hydrogen-bond acceptors (Lipinski definition) is 2. The molecule has 82 valence electrons. The highest BCUT2D eigenvalue weighted by Gasteiger charge is 2.23. The highest BCUT2D eigenvalue weighted by Crippen LogP contribution is 2.31. The third kappa shape index (κ3) is 3.06. The second kappa shape index (κ2) is 4.99. The van der Waals surface area contributed by atoms with Gasteiger partial charge < -0.3 is 4.74 Å². The van der Waals surface area contributed by atoms with Crippen LogP contribution in [-0.4, -0.2) is 11.1 Å². The van der Waals surface area contributed by atoms with Crippen LogP contribution in [0.4, 0.5) is 0 Å². The summed E-state index contributed by atoms with van der Waals surface area (Å²) < 4.78 is 7.71. The Morgan fingerprint density at radius 3 is 2.87 bits per heavy atom. The van der Waals surface area contributed by atoms with E-state index < -0.39 is 0 Å². The van der Waals surface area contributed by atoms with Gasteiger partial charge in [-0.05, 0) is 75.8 Å². The average Bonchev–Trinajstić information content (AvgIpc) is 2.56. The summed E-state index contributed by atoms with van der Waals surface area (Å²) in [4.78, 5) is 4.31. The number of ether oxygens (including phenoxy) is 1. The van der Waals surface area contributed by atoms with Gasteiger partial charge in [0.25, 0.3) is 0 Å². The van der Waals surface area contributed by atoms with Crippen molar-refractivity contribution in [3.63, 3.8) is 0 Å². The molecule has 1 saturated carbocycles. The number of pyridine rings is 1. The highest BCUT2D eigenvalue weighted by molar-refractivity contribution is 14.1. The summed E-state index contributed by atoms with van der Waals surface area (Å²) >= 11 is 5.62. The Hall–Kier alpha value is 0.160. The average molecular weight is 382 g/mol. The molecule has 0 aliphatic heterocycles. The summed E-state index contributed by atoms with van der Waals surface area (Å²) in [6.45, 7) is 2.28. The Bertz CT molecular complexity index is 358. The van der Waals surface area contributed by atoms with Gasteiger partial charge in [-0.3, -0.25) is 0 Å². The first-order chi connectivity index (χ1) is 7.15. The molecule has 2 rings (SSSR count). The SMILES string of the molecule is C[C@H]1CC[C@@H](Oc2ccc(I)nc2Br)C1. The molecule has 1 aliphatic carbocycles. The van der Waals surface area contributed by atoms with Gasteiger partial charge in [0.05, 0.1) is 6.10 Å². The highest BCUT2D eigenvalue weighted by atomic mass is 127. The van der Waals surface area contributed by atoms with Gasteiger partial charge in [0.2, 0.25) is 0 Å². The van der Waals surface area contributed by atoms with Gasteiger partial charge in [0.15, 0.2) is 5.75 Å². The van der Waals surface area contributed by atoms with E-state index >= 15 is 0 Å². The normalized spacial score (nSPS) is 25.5. The lowest BCUT2D eigenvalue weighted by atomic mass is 10.1. The lowest BCUT2D eigenvalue weighted by Crippen LogP contribution is -2.12. The zero-order valence-corrected chi connectivity index (χ0v) is 12.3. The van der Waals surface area contributed by atoms with E-state index in [1.54, 1.807) is 0 Å². The molecule has 0 bridgehead atoms. The molecule has 2 atom stereocenters. The lowest BCUT2D eigenvalue weighted by molar-refractivity contribution is 0.203. The van der Waals surface area contributed by atoms with Crippen LogP contribution < -0.4 is 4.74 Å². The molecular weight excluding hydrogens is 369 g/mol. The molecule has 0 spiro atoms. The standard InChI is InChI=1S/C11H13BrINO/c1-7-2-3-8(6-7)15-9-4-5-10(13)14-11(9)12/h4-5,7-8H,2-3,6H2,1H3/t7-,8+/m0/s1. The monoisotopic (exact) mass is 381 g/mol. The molecule has 1 aliphatic rings. The second-order valence-corrected chi connectivity index (χ2v) is 5.94. The van der Waals surface area contributed by atoms with Gasteiger partial charge >= 0.3 is 0 Å². The Balaban J connectivity index is 2.04. The van der Waals surface area contributed by atoms with Gasteiger partial charge in [-0.1, -0.05) is 6.92 Å². The van der Waals surface area contributed by atoms with E-state index in [1.165, 1.54) is 19.3 Å². The molecule has 4 heteroatoms. The minimum atomic E-state index is 0.373. The topological polar surface area (TPSA) is 22.1 Å². The van der Waals surface area contributed by atoms with E-state index in [1.807, 2.05) is 12.1 Å². The van der Waals surface area contributed by atoms with Crippen molar-refractivity contribution in [2.75, 3.05) is 0 Å². The van der Waals surface area contributed by atoms with Gasteiger partial charge in [-0.15, -0.1) is 0 Å². The van der Waals surface area contributed by atoms with Crippen molar-refractivity contribution >= 4 is 38.5 Å². The maximum absolute atomic E-state index is 5.92. The van der Waals surface area contributed by atoms with Crippen LogP contribution in [0.3, 0.4) is 0 Å². The first-order valence-corrected chi connectivity index (χ1v) is 7.01. The van der Waals surface area contributed by atoms with Crippen LogP contribution in [0.5, 0.6) is 5.75 Å². The van der Waals surface area contributed by atoms with E-state index in [4.69, 9.17) is 4.74 Å². The van der Waals surface area contributed by atoms with E-state index in [0.717, 1.165) is 20.0 Å². The second-order valence-electron chi connectivity index (χ2n) is 4.08. The molecule has 0 radical (unpaired) electrons. The smallest absolute Gasteiger partial charge is 0.152 e.